The average molecular weight is 225 g/mol. The highest BCUT2D eigenvalue weighted by Crippen LogP contribution is 2.22. The minimum absolute atomic E-state index is 0.0589. The molecule has 0 aliphatic heterocycles. The lowest BCUT2D eigenvalue weighted by Crippen LogP contribution is -2.28. The molecule has 0 aromatic carbocycles. The zero-order valence-electron chi connectivity index (χ0n) is 11.2. The van der Waals surface area contributed by atoms with E-state index >= 15 is 0 Å². The lowest BCUT2D eigenvalue weighted by Gasteiger charge is -2.22. The third kappa shape index (κ3) is 5.82. The van der Waals surface area contributed by atoms with Crippen LogP contribution in [0.1, 0.15) is 47.5 Å². The van der Waals surface area contributed by atoms with E-state index in [4.69, 9.17) is 10.00 Å². The Labute approximate surface area is 98.7 Å². The smallest absolute Gasteiger partial charge is 0.167 e. The van der Waals surface area contributed by atoms with E-state index in [-0.39, 0.29) is 11.6 Å². The minimum Gasteiger partial charge on any atom is -0.381 e. The van der Waals surface area contributed by atoms with Crippen LogP contribution in [0.4, 0.5) is 0 Å². The molecule has 0 amide bonds. The highest BCUT2D eigenvalue weighted by Gasteiger charge is 2.28. The third-order valence-corrected chi connectivity index (χ3v) is 2.23. The molecule has 0 N–H and O–H groups in total. The summed E-state index contributed by atoms with van der Waals surface area (Å²) in [5.74, 6) is 0. The SMILES string of the molecule is CCC(CC(C)(C#N)N=NC(C)(C)C)OC. The Kier molecular flexibility index (Phi) is 5.60. The van der Waals surface area contributed by atoms with Gasteiger partial charge in [0.1, 0.15) is 0 Å². The fourth-order valence-electron chi connectivity index (χ4n) is 1.21. The van der Waals surface area contributed by atoms with Gasteiger partial charge < -0.3 is 4.74 Å². The van der Waals surface area contributed by atoms with Crippen molar-refractivity contribution in [1.29, 1.82) is 5.26 Å². The molecule has 0 spiro atoms. The molecule has 0 heterocycles. The Morgan fingerprint density at radius 1 is 1.25 bits per heavy atom. The Morgan fingerprint density at radius 2 is 1.81 bits per heavy atom. The second-order valence-corrected chi connectivity index (χ2v) is 5.23. The van der Waals surface area contributed by atoms with Gasteiger partial charge in [0.15, 0.2) is 5.54 Å². The molecule has 0 radical (unpaired) electrons. The van der Waals surface area contributed by atoms with E-state index in [1.165, 1.54) is 0 Å². The summed E-state index contributed by atoms with van der Waals surface area (Å²) in [5.41, 5.74) is -1.03. The number of nitriles is 1. The summed E-state index contributed by atoms with van der Waals surface area (Å²) in [6, 6.07) is 2.21. The van der Waals surface area contributed by atoms with Crippen molar-refractivity contribution in [1.82, 2.24) is 0 Å². The van der Waals surface area contributed by atoms with Crippen LogP contribution >= 0.6 is 0 Å². The zero-order valence-corrected chi connectivity index (χ0v) is 11.2. The second-order valence-electron chi connectivity index (χ2n) is 5.23. The fraction of sp³-hybridized carbons (Fsp3) is 0.917. The molecular weight excluding hydrogens is 202 g/mol. The molecule has 0 aromatic rings. The van der Waals surface area contributed by atoms with Gasteiger partial charge in [-0.15, -0.1) is 0 Å². The predicted molar refractivity (Wildman–Crippen MR) is 64.3 cm³/mol. The summed E-state index contributed by atoms with van der Waals surface area (Å²) in [6.45, 7) is 9.71. The van der Waals surface area contributed by atoms with Gasteiger partial charge in [0.05, 0.1) is 17.7 Å². The second kappa shape index (κ2) is 5.95. The van der Waals surface area contributed by atoms with Crippen LogP contribution in [0.3, 0.4) is 0 Å². The topological polar surface area (TPSA) is 57.7 Å². The molecule has 4 nitrogen and oxygen atoms in total. The maximum atomic E-state index is 9.16. The van der Waals surface area contributed by atoms with E-state index in [1.807, 2.05) is 27.7 Å². The molecule has 0 fully saturated rings. The fourth-order valence-corrected chi connectivity index (χ4v) is 1.21. The quantitative estimate of drug-likeness (QED) is 0.674. The van der Waals surface area contributed by atoms with Crippen molar-refractivity contribution in [2.45, 2.75) is 64.6 Å². The van der Waals surface area contributed by atoms with Crippen LogP contribution in [-0.2, 0) is 4.74 Å². The first-order chi connectivity index (χ1) is 7.26. The monoisotopic (exact) mass is 225 g/mol. The number of hydrogen-bond acceptors (Lipinski definition) is 4. The van der Waals surface area contributed by atoms with E-state index in [1.54, 1.807) is 14.0 Å². The maximum Gasteiger partial charge on any atom is 0.167 e. The Balaban J connectivity index is 4.68. The summed E-state index contributed by atoms with van der Waals surface area (Å²) in [6.07, 6.45) is 1.51. The first-order valence-corrected chi connectivity index (χ1v) is 5.64. The molecule has 0 bridgehead atoms. The number of ether oxygens (including phenoxy) is 1. The summed E-state index contributed by atoms with van der Waals surface area (Å²) in [4.78, 5) is 0. The summed E-state index contributed by atoms with van der Waals surface area (Å²) >= 11 is 0. The normalized spacial score (nSPS) is 18.1. The van der Waals surface area contributed by atoms with Crippen molar-refractivity contribution in [3.05, 3.63) is 0 Å². The third-order valence-electron chi connectivity index (χ3n) is 2.23. The number of methoxy groups -OCH3 is 1. The van der Waals surface area contributed by atoms with Gasteiger partial charge in [-0.3, -0.25) is 0 Å². The van der Waals surface area contributed by atoms with E-state index in [0.29, 0.717) is 6.42 Å². The molecule has 0 rings (SSSR count). The van der Waals surface area contributed by atoms with Crippen LogP contribution in [0.15, 0.2) is 10.2 Å². The molecule has 4 heteroatoms. The molecule has 0 aliphatic rings. The van der Waals surface area contributed by atoms with Gasteiger partial charge in [0.25, 0.3) is 0 Å². The highest BCUT2D eigenvalue weighted by atomic mass is 16.5. The highest BCUT2D eigenvalue weighted by molar-refractivity contribution is 5.04. The number of rotatable bonds is 5. The lowest BCUT2D eigenvalue weighted by atomic mass is 9.96. The lowest BCUT2D eigenvalue weighted by molar-refractivity contribution is 0.0798. The first-order valence-electron chi connectivity index (χ1n) is 5.64. The predicted octanol–water partition coefficient (Wildman–Crippen LogP) is 3.33. The van der Waals surface area contributed by atoms with E-state index in [2.05, 4.69) is 16.3 Å². The molecule has 0 aliphatic carbocycles. The van der Waals surface area contributed by atoms with E-state index in [9.17, 15) is 0 Å². The van der Waals surface area contributed by atoms with Gasteiger partial charge in [-0.1, -0.05) is 6.92 Å². The van der Waals surface area contributed by atoms with Gasteiger partial charge in [-0.2, -0.15) is 15.5 Å². The first kappa shape index (κ1) is 15.0. The number of nitrogens with zero attached hydrogens (tertiary/aromatic N) is 3. The molecule has 0 saturated carbocycles. The van der Waals surface area contributed by atoms with Crippen molar-refractivity contribution >= 4 is 0 Å². The number of azo groups is 1. The maximum absolute atomic E-state index is 9.16. The van der Waals surface area contributed by atoms with Crippen LogP contribution in [-0.4, -0.2) is 24.3 Å². The minimum atomic E-state index is -0.788. The van der Waals surface area contributed by atoms with Crippen LogP contribution in [0.2, 0.25) is 0 Å². The molecule has 16 heavy (non-hydrogen) atoms. The van der Waals surface area contributed by atoms with Gasteiger partial charge in [0, 0.05) is 13.5 Å². The van der Waals surface area contributed by atoms with Crippen molar-refractivity contribution in [2.24, 2.45) is 10.2 Å². The Bertz CT molecular complexity index is 271. The Hall–Kier alpha value is -0.950. The average Bonchev–Trinajstić information content (AvgIpc) is 2.22. The number of hydrogen-bond donors (Lipinski definition) is 0. The molecule has 92 valence electrons. The molecule has 2 atom stereocenters. The van der Waals surface area contributed by atoms with Crippen LogP contribution in [0.25, 0.3) is 0 Å². The molecule has 0 saturated heterocycles. The molecule has 2 unspecified atom stereocenters. The van der Waals surface area contributed by atoms with Gasteiger partial charge in [0.2, 0.25) is 0 Å². The van der Waals surface area contributed by atoms with Crippen LogP contribution in [0.5, 0.6) is 0 Å². The largest absolute Gasteiger partial charge is 0.381 e. The van der Waals surface area contributed by atoms with Crippen LogP contribution < -0.4 is 0 Å². The van der Waals surface area contributed by atoms with E-state index in [0.717, 1.165) is 6.42 Å². The van der Waals surface area contributed by atoms with E-state index < -0.39 is 5.54 Å². The summed E-state index contributed by atoms with van der Waals surface area (Å²) in [5, 5.41) is 17.5. The summed E-state index contributed by atoms with van der Waals surface area (Å²) in [7, 11) is 1.66. The van der Waals surface area contributed by atoms with Gasteiger partial charge in [-0.05, 0) is 34.1 Å². The molecular formula is C12H23N3O. The standard InChI is InChI=1S/C12H23N3O/c1-7-10(16-6)8-12(5,9-13)15-14-11(2,3)4/h10H,7-8H2,1-6H3. The molecule has 0 aromatic heterocycles. The van der Waals surface area contributed by atoms with Crippen molar-refractivity contribution in [3.63, 3.8) is 0 Å². The Morgan fingerprint density at radius 3 is 2.12 bits per heavy atom. The summed E-state index contributed by atoms with van der Waals surface area (Å²) < 4.78 is 5.28. The van der Waals surface area contributed by atoms with Crippen molar-refractivity contribution in [3.8, 4) is 6.07 Å². The van der Waals surface area contributed by atoms with Gasteiger partial charge in [-0.25, -0.2) is 0 Å². The van der Waals surface area contributed by atoms with Crippen molar-refractivity contribution < 1.29 is 4.74 Å². The van der Waals surface area contributed by atoms with Crippen LogP contribution in [0, 0.1) is 11.3 Å². The van der Waals surface area contributed by atoms with Crippen molar-refractivity contribution in [2.75, 3.05) is 7.11 Å². The zero-order chi connectivity index (χ0) is 12.8. The van der Waals surface area contributed by atoms with Gasteiger partial charge >= 0.3 is 0 Å².